The summed E-state index contributed by atoms with van der Waals surface area (Å²) in [6, 6.07) is 16.0. The molecule has 0 radical (unpaired) electrons. The quantitative estimate of drug-likeness (QED) is 0.468. The zero-order valence-corrected chi connectivity index (χ0v) is 14.9. The number of hydrogen-bond acceptors (Lipinski definition) is 3. The van der Waals surface area contributed by atoms with Crippen molar-refractivity contribution in [2.24, 2.45) is 0 Å². The maximum absolute atomic E-state index is 12.7. The predicted molar refractivity (Wildman–Crippen MR) is 97.8 cm³/mol. The number of thioether (sulfide) groups is 1. The van der Waals surface area contributed by atoms with Crippen molar-refractivity contribution >= 4 is 17.5 Å². The van der Waals surface area contributed by atoms with Crippen LogP contribution in [0.2, 0.25) is 0 Å². The fourth-order valence-electron chi connectivity index (χ4n) is 2.21. The first kappa shape index (κ1) is 17.6. The third-order valence-electron chi connectivity index (χ3n) is 3.55. The molecule has 0 aliphatic rings. The first-order chi connectivity index (χ1) is 11.1. The second-order valence-electron chi connectivity index (χ2n) is 5.78. The molecule has 0 unspecified atom stereocenters. The molecule has 0 spiro atoms. The van der Waals surface area contributed by atoms with Crippen molar-refractivity contribution in [2.75, 3.05) is 12.4 Å². The van der Waals surface area contributed by atoms with Gasteiger partial charge in [0.2, 0.25) is 0 Å². The molecule has 0 amide bonds. The molecule has 23 heavy (non-hydrogen) atoms. The van der Waals surface area contributed by atoms with E-state index in [1.54, 1.807) is 11.8 Å². The smallest absolute Gasteiger partial charge is 0.176 e. The van der Waals surface area contributed by atoms with Gasteiger partial charge in [0.1, 0.15) is 5.75 Å². The summed E-state index contributed by atoms with van der Waals surface area (Å²) < 4.78 is 5.76. The summed E-state index contributed by atoms with van der Waals surface area (Å²) in [6.45, 7) is 6.96. The second kappa shape index (κ2) is 8.78. The molecule has 2 aromatic rings. The van der Waals surface area contributed by atoms with Crippen molar-refractivity contribution in [3.63, 3.8) is 0 Å². The van der Waals surface area contributed by atoms with E-state index in [2.05, 4.69) is 26.8 Å². The number of hydrogen-bond donors (Lipinski definition) is 0. The zero-order valence-electron chi connectivity index (χ0n) is 14.0. The normalized spacial score (nSPS) is 10.8. The van der Waals surface area contributed by atoms with Gasteiger partial charge in [-0.1, -0.05) is 45.0 Å². The van der Waals surface area contributed by atoms with Crippen LogP contribution in [0.5, 0.6) is 5.75 Å². The maximum Gasteiger partial charge on any atom is 0.176 e. The molecule has 0 fully saturated rings. The van der Waals surface area contributed by atoms with Crippen LogP contribution < -0.4 is 4.74 Å². The van der Waals surface area contributed by atoms with Crippen LogP contribution >= 0.6 is 11.8 Å². The summed E-state index contributed by atoms with van der Waals surface area (Å²) in [5.41, 5.74) is 1.87. The monoisotopic (exact) mass is 328 g/mol. The highest BCUT2D eigenvalue weighted by atomic mass is 32.2. The van der Waals surface area contributed by atoms with Gasteiger partial charge < -0.3 is 4.74 Å². The number of carbonyl (C=O) groups is 1. The fraction of sp³-hybridized carbons (Fsp3) is 0.350. The third-order valence-corrected chi connectivity index (χ3v) is 4.56. The van der Waals surface area contributed by atoms with Crippen LogP contribution in [0.15, 0.2) is 53.4 Å². The lowest BCUT2D eigenvalue weighted by Gasteiger charge is -2.13. The minimum absolute atomic E-state index is 0.118. The third kappa shape index (κ3) is 5.14. The highest BCUT2D eigenvalue weighted by Gasteiger charge is 2.15. The minimum Gasteiger partial charge on any atom is -0.493 e. The van der Waals surface area contributed by atoms with Crippen molar-refractivity contribution < 1.29 is 9.53 Å². The standard InChI is InChI=1S/C20H24O2S/c1-4-12-22-20-11-10-16(15(2)3)13-18(20)19(21)14-23-17-8-6-5-7-9-17/h5-11,13,15H,4,12,14H2,1-3H3. The largest absolute Gasteiger partial charge is 0.493 e. The van der Waals surface area contributed by atoms with Crippen LogP contribution in [0, 0.1) is 0 Å². The number of ketones is 1. The van der Waals surface area contributed by atoms with Crippen LogP contribution in [-0.2, 0) is 0 Å². The Morgan fingerprint density at radius 2 is 1.87 bits per heavy atom. The summed E-state index contributed by atoms with van der Waals surface area (Å²) in [5.74, 6) is 1.64. The summed E-state index contributed by atoms with van der Waals surface area (Å²) in [7, 11) is 0. The van der Waals surface area contributed by atoms with Gasteiger partial charge in [-0.25, -0.2) is 0 Å². The van der Waals surface area contributed by atoms with Crippen LogP contribution in [0.1, 0.15) is 49.0 Å². The predicted octanol–water partition coefficient (Wildman–Crippen LogP) is 5.57. The van der Waals surface area contributed by atoms with Crippen molar-refractivity contribution in [2.45, 2.75) is 38.0 Å². The molecule has 2 rings (SSSR count). The van der Waals surface area contributed by atoms with E-state index in [1.807, 2.05) is 42.5 Å². The molecule has 0 heterocycles. The molecule has 0 N–H and O–H groups in total. The average molecular weight is 328 g/mol. The van der Waals surface area contributed by atoms with Crippen LogP contribution in [0.4, 0.5) is 0 Å². The second-order valence-corrected chi connectivity index (χ2v) is 6.83. The van der Waals surface area contributed by atoms with Crippen molar-refractivity contribution in [3.8, 4) is 5.75 Å². The van der Waals surface area contributed by atoms with Gasteiger partial charge in [-0.2, -0.15) is 0 Å². The lowest BCUT2D eigenvalue weighted by Crippen LogP contribution is -2.08. The number of carbonyl (C=O) groups excluding carboxylic acids is 1. The highest BCUT2D eigenvalue weighted by molar-refractivity contribution is 8.00. The molecule has 2 aromatic carbocycles. The number of Topliss-reactive ketones (excluding diaryl/α,β-unsaturated/α-hetero) is 1. The van der Waals surface area contributed by atoms with E-state index in [0.29, 0.717) is 29.6 Å². The maximum atomic E-state index is 12.7. The molecule has 0 saturated carbocycles. The Kier molecular flexibility index (Phi) is 6.72. The van der Waals surface area contributed by atoms with E-state index in [-0.39, 0.29) is 5.78 Å². The van der Waals surface area contributed by atoms with E-state index >= 15 is 0 Å². The molecule has 0 bridgehead atoms. The van der Waals surface area contributed by atoms with Gasteiger partial charge in [-0.05, 0) is 42.2 Å². The zero-order chi connectivity index (χ0) is 16.7. The first-order valence-electron chi connectivity index (χ1n) is 8.09. The van der Waals surface area contributed by atoms with Gasteiger partial charge in [0.05, 0.1) is 17.9 Å². The van der Waals surface area contributed by atoms with Crippen molar-refractivity contribution in [1.29, 1.82) is 0 Å². The van der Waals surface area contributed by atoms with Gasteiger partial charge in [0.25, 0.3) is 0 Å². The average Bonchev–Trinajstić information content (AvgIpc) is 2.58. The van der Waals surface area contributed by atoms with Crippen LogP contribution in [0.3, 0.4) is 0 Å². The topological polar surface area (TPSA) is 26.3 Å². The molecule has 0 aromatic heterocycles. The van der Waals surface area contributed by atoms with Crippen molar-refractivity contribution in [1.82, 2.24) is 0 Å². The fourth-order valence-corrected chi connectivity index (χ4v) is 3.01. The molecule has 0 aliphatic carbocycles. The Morgan fingerprint density at radius 1 is 1.13 bits per heavy atom. The van der Waals surface area contributed by atoms with E-state index in [0.717, 1.165) is 11.3 Å². The molecule has 122 valence electrons. The van der Waals surface area contributed by atoms with Gasteiger partial charge in [0, 0.05) is 4.90 Å². The van der Waals surface area contributed by atoms with Crippen LogP contribution in [-0.4, -0.2) is 18.1 Å². The molecular weight excluding hydrogens is 304 g/mol. The Bertz CT molecular complexity index is 635. The lowest BCUT2D eigenvalue weighted by atomic mass is 9.99. The molecule has 3 heteroatoms. The Hall–Kier alpha value is -1.74. The van der Waals surface area contributed by atoms with Gasteiger partial charge in [0.15, 0.2) is 5.78 Å². The number of rotatable bonds is 8. The summed E-state index contributed by atoms with van der Waals surface area (Å²) in [6.07, 6.45) is 0.929. The Balaban J connectivity index is 2.16. The molecular formula is C20H24O2S. The van der Waals surface area contributed by atoms with Crippen molar-refractivity contribution in [3.05, 3.63) is 59.7 Å². The van der Waals surface area contributed by atoms with E-state index < -0.39 is 0 Å². The molecule has 0 saturated heterocycles. The van der Waals surface area contributed by atoms with Gasteiger partial charge in [-0.3, -0.25) is 4.79 Å². The first-order valence-corrected chi connectivity index (χ1v) is 9.08. The van der Waals surface area contributed by atoms with Crippen LogP contribution in [0.25, 0.3) is 0 Å². The number of benzene rings is 2. The van der Waals surface area contributed by atoms with E-state index in [9.17, 15) is 4.79 Å². The van der Waals surface area contributed by atoms with Gasteiger partial charge >= 0.3 is 0 Å². The minimum atomic E-state index is 0.118. The van der Waals surface area contributed by atoms with E-state index in [1.165, 1.54) is 5.56 Å². The Morgan fingerprint density at radius 3 is 2.52 bits per heavy atom. The number of ether oxygens (including phenoxy) is 1. The van der Waals surface area contributed by atoms with Gasteiger partial charge in [-0.15, -0.1) is 11.8 Å². The molecule has 0 atom stereocenters. The Labute approximate surface area is 143 Å². The summed E-state index contributed by atoms with van der Waals surface area (Å²) >= 11 is 1.57. The lowest BCUT2D eigenvalue weighted by molar-refractivity contribution is 0.101. The SMILES string of the molecule is CCCOc1ccc(C(C)C)cc1C(=O)CSc1ccccc1. The van der Waals surface area contributed by atoms with E-state index in [4.69, 9.17) is 4.74 Å². The molecule has 2 nitrogen and oxygen atoms in total. The molecule has 0 aliphatic heterocycles. The summed E-state index contributed by atoms with van der Waals surface area (Å²) in [4.78, 5) is 13.8. The summed E-state index contributed by atoms with van der Waals surface area (Å²) in [5, 5.41) is 0. The highest BCUT2D eigenvalue weighted by Crippen LogP contribution is 2.27.